The molecule has 0 amide bonds. The molecule has 0 N–H and O–H groups in total. The second-order valence-electron chi connectivity index (χ2n) is 7.85. The smallest absolute Gasteiger partial charge is 0.0114 e. The molecular weight excluding hydrogens is 288 g/mol. The van der Waals surface area contributed by atoms with Crippen LogP contribution in [0.25, 0.3) is 11.1 Å². The van der Waals surface area contributed by atoms with Crippen LogP contribution >= 0.6 is 0 Å². The van der Waals surface area contributed by atoms with Crippen molar-refractivity contribution in [2.24, 2.45) is 0 Å². The Morgan fingerprint density at radius 1 is 0.500 bits per heavy atom. The highest BCUT2D eigenvalue weighted by Gasteiger charge is 2.24. The molecule has 0 unspecified atom stereocenters. The van der Waals surface area contributed by atoms with Crippen LogP contribution in [0.4, 0.5) is 0 Å². The second kappa shape index (κ2) is 7.55. The summed E-state index contributed by atoms with van der Waals surface area (Å²) in [6.45, 7) is 0. The fourth-order valence-corrected chi connectivity index (χ4v) is 5.03. The predicted octanol–water partition coefficient (Wildman–Crippen LogP) is 7.45. The van der Waals surface area contributed by atoms with E-state index in [1.54, 1.807) is 16.7 Å². The highest BCUT2D eigenvalue weighted by molar-refractivity contribution is 5.72. The molecule has 0 aliphatic heterocycles. The van der Waals surface area contributed by atoms with E-state index < -0.39 is 0 Å². The van der Waals surface area contributed by atoms with Crippen molar-refractivity contribution in [3.63, 3.8) is 0 Å². The Balaban J connectivity index is 1.80. The van der Waals surface area contributed by atoms with Gasteiger partial charge in [-0.1, -0.05) is 87.1 Å². The molecule has 0 nitrogen and oxygen atoms in total. The molecule has 0 saturated heterocycles. The van der Waals surface area contributed by atoms with Crippen LogP contribution in [0.15, 0.2) is 48.5 Å². The average Bonchev–Trinajstić information content (AvgIpc) is 2.69. The first kappa shape index (κ1) is 15.9. The Morgan fingerprint density at radius 3 is 1.50 bits per heavy atom. The molecule has 0 atom stereocenters. The third kappa shape index (κ3) is 3.29. The highest BCUT2D eigenvalue weighted by Crippen LogP contribution is 2.44. The second-order valence-corrected chi connectivity index (χ2v) is 7.85. The van der Waals surface area contributed by atoms with Gasteiger partial charge in [-0.05, 0) is 59.8 Å². The number of benzene rings is 2. The fraction of sp³-hybridized carbons (Fsp3) is 0.500. The molecule has 2 saturated carbocycles. The summed E-state index contributed by atoms with van der Waals surface area (Å²) in [6, 6.07) is 18.4. The number of hydrogen-bond donors (Lipinski definition) is 0. The summed E-state index contributed by atoms with van der Waals surface area (Å²) in [7, 11) is 0. The lowest BCUT2D eigenvalue weighted by Gasteiger charge is -2.30. The molecule has 0 heteroatoms. The van der Waals surface area contributed by atoms with Gasteiger partial charge in [-0.3, -0.25) is 0 Å². The van der Waals surface area contributed by atoms with Gasteiger partial charge in [-0.15, -0.1) is 0 Å². The molecule has 2 aromatic rings. The first-order valence-corrected chi connectivity index (χ1v) is 10.1. The van der Waals surface area contributed by atoms with E-state index in [0.717, 1.165) is 11.8 Å². The summed E-state index contributed by atoms with van der Waals surface area (Å²) in [5, 5.41) is 0. The zero-order chi connectivity index (χ0) is 16.2. The Bertz CT molecular complexity index is 607. The van der Waals surface area contributed by atoms with Crippen LogP contribution in [0.5, 0.6) is 0 Å². The summed E-state index contributed by atoms with van der Waals surface area (Å²) >= 11 is 0. The van der Waals surface area contributed by atoms with Gasteiger partial charge in [0, 0.05) is 0 Å². The predicted molar refractivity (Wildman–Crippen MR) is 104 cm³/mol. The third-order valence-electron chi connectivity index (χ3n) is 6.28. The van der Waals surface area contributed by atoms with Crippen molar-refractivity contribution in [1.29, 1.82) is 0 Å². The van der Waals surface area contributed by atoms with Gasteiger partial charge in [0.05, 0.1) is 0 Å². The number of rotatable bonds is 3. The SMILES string of the molecule is c1ccc(-c2c(C3CCCCC3)cccc2C2CCCCC2)cc1. The minimum atomic E-state index is 0.775. The van der Waals surface area contributed by atoms with Crippen LogP contribution in [0, 0.1) is 0 Å². The normalized spacial score (nSPS) is 20.2. The van der Waals surface area contributed by atoms with Crippen molar-refractivity contribution >= 4 is 0 Å². The van der Waals surface area contributed by atoms with E-state index in [2.05, 4.69) is 48.5 Å². The Morgan fingerprint density at radius 2 is 1.00 bits per heavy atom. The molecule has 0 bridgehead atoms. The van der Waals surface area contributed by atoms with Gasteiger partial charge in [0.25, 0.3) is 0 Å². The third-order valence-corrected chi connectivity index (χ3v) is 6.28. The van der Waals surface area contributed by atoms with Crippen molar-refractivity contribution in [1.82, 2.24) is 0 Å². The zero-order valence-corrected chi connectivity index (χ0v) is 14.8. The fourth-order valence-electron chi connectivity index (χ4n) is 5.03. The standard InChI is InChI=1S/C24H30/c1-4-11-19(12-5-1)22-17-10-18-23(20-13-6-2-7-14-20)24(22)21-15-8-3-9-16-21/h3,8-10,15-20H,1-2,4-7,11-14H2. The molecule has 0 spiro atoms. The van der Waals surface area contributed by atoms with Crippen LogP contribution < -0.4 is 0 Å². The van der Waals surface area contributed by atoms with Gasteiger partial charge in [-0.25, -0.2) is 0 Å². The Hall–Kier alpha value is -1.56. The van der Waals surface area contributed by atoms with Crippen molar-refractivity contribution in [2.75, 3.05) is 0 Å². The summed E-state index contributed by atoms with van der Waals surface area (Å²) in [5.74, 6) is 1.55. The summed E-state index contributed by atoms with van der Waals surface area (Å²) in [4.78, 5) is 0. The Kier molecular flexibility index (Phi) is 5.02. The molecule has 126 valence electrons. The van der Waals surface area contributed by atoms with Gasteiger partial charge >= 0.3 is 0 Å². The monoisotopic (exact) mass is 318 g/mol. The van der Waals surface area contributed by atoms with Gasteiger partial charge in [0.1, 0.15) is 0 Å². The summed E-state index contributed by atoms with van der Waals surface area (Å²) in [6.07, 6.45) is 14.0. The van der Waals surface area contributed by atoms with E-state index in [-0.39, 0.29) is 0 Å². The van der Waals surface area contributed by atoms with E-state index in [0.29, 0.717) is 0 Å². The van der Waals surface area contributed by atoms with Crippen molar-refractivity contribution in [2.45, 2.75) is 76.0 Å². The average molecular weight is 319 g/mol. The maximum absolute atomic E-state index is 2.44. The molecule has 24 heavy (non-hydrogen) atoms. The quantitative estimate of drug-likeness (QED) is 0.551. The molecule has 0 heterocycles. The number of hydrogen-bond acceptors (Lipinski definition) is 0. The molecule has 2 aromatic carbocycles. The summed E-state index contributed by atoms with van der Waals surface area (Å²) < 4.78 is 0. The van der Waals surface area contributed by atoms with Crippen LogP contribution in [-0.4, -0.2) is 0 Å². The first-order valence-electron chi connectivity index (χ1n) is 10.1. The van der Waals surface area contributed by atoms with Gasteiger partial charge < -0.3 is 0 Å². The van der Waals surface area contributed by atoms with E-state index in [9.17, 15) is 0 Å². The van der Waals surface area contributed by atoms with E-state index >= 15 is 0 Å². The Labute approximate surface area is 147 Å². The highest BCUT2D eigenvalue weighted by atomic mass is 14.3. The molecule has 2 aliphatic carbocycles. The molecule has 0 aromatic heterocycles. The summed E-state index contributed by atoms with van der Waals surface area (Å²) in [5.41, 5.74) is 6.32. The van der Waals surface area contributed by atoms with Crippen LogP contribution in [0.2, 0.25) is 0 Å². The van der Waals surface area contributed by atoms with Gasteiger partial charge in [0.2, 0.25) is 0 Å². The lowest BCUT2D eigenvalue weighted by Crippen LogP contribution is -2.11. The van der Waals surface area contributed by atoms with E-state index in [4.69, 9.17) is 0 Å². The molecule has 0 radical (unpaired) electrons. The van der Waals surface area contributed by atoms with Crippen molar-refractivity contribution in [3.05, 3.63) is 59.7 Å². The van der Waals surface area contributed by atoms with Crippen LogP contribution in [0.3, 0.4) is 0 Å². The maximum atomic E-state index is 2.44. The lowest BCUT2D eigenvalue weighted by atomic mass is 9.75. The zero-order valence-electron chi connectivity index (χ0n) is 14.8. The van der Waals surface area contributed by atoms with Crippen LogP contribution in [0.1, 0.15) is 87.2 Å². The maximum Gasteiger partial charge on any atom is -0.0114 e. The van der Waals surface area contributed by atoms with Gasteiger partial charge in [-0.2, -0.15) is 0 Å². The minimum Gasteiger partial charge on any atom is -0.0622 e. The first-order chi connectivity index (χ1) is 11.9. The molecule has 2 aliphatic rings. The molecule has 2 fully saturated rings. The van der Waals surface area contributed by atoms with Crippen molar-refractivity contribution in [3.8, 4) is 11.1 Å². The lowest BCUT2D eigenvalue weighted by molar-refractivity contribution is 0.437. The minimum absolute atomic E-state index is 0.775. The van der Waals surface area contributed by atoms with Crippen LogP contribution in [-0.2, 0) is 0 Å². The largest absolute Gasteiger partial charge is 0.0622 e. The molecular formula is C24H30. The van der Waals surface area contributed by atoms with E-state index in [1.807, 2.05) is 0 Å². The topological polar surface area (TPSA) is 0 Å². The molecule has 4 rings (SSSR count). The van der Waals surface area contributed by atoms with Gasteiger partial charge in [0.15, 0.2) is 0 Å². The van der Waals surface area contributed by atoms with Crippen molar-refractivity contribution < 1.29 is 0 Å². The van der Waals surface area contributed by atoms with E-state index in [1.165, 1.54) is 69.8 Å².